The Morgan fingerprint density at radius 2 is 1.82 bits per heavy atom. The van der Waals surface area contributed by atoms with Crippen LogP contribution in [0.2, 0.25) is 0 Å². The van der Waals surface area contributed by atoms with Gasteiger partial charge in [-0.15, -0.1) is 10.2 Å². The van der Waals surface area contributed by atoms with Gasteiger partial charge in [-0.3, -0.25) is 4.90 Å². The van der Waals surface area contributed by atoms with E-state index in [-0.39, 0.29) is 18.0 Å². The van der Waals surface area contributed by atoms with E-state index in [9.17, 15) is 17.2 Å². The largest absolute Gasteiger partial charge is 0.312 e. The summed E-state index contributed by atoms with van der Waals surface area (Å²) in [5.74, 6) is 0.180. The predicted molar refractivity (Wildman–Crippen MR) is 101 cm³/mol. The molecule has 0 radical (unpaired) electrons. The van der Waals surface area contributed by atoms with E-state index in [1.165, 1.54) is 18.2 Å². The average Bonchev–Trinajstić information content (AvgIpc) is 2.89. The highest BCUT2D eigenvalue weighted by Crippen LogP contribution is 2.24. The Labute approximate surface area is 163 Å². The van der Waals surface area contributed by atoms with Gasteiger partial charge in [-0.05, 0) is 18.1 Å². The molecule has 0 aliphatic carbocycles. The molecule has 1 N–H and O–H groups in total. The zero-order chi connectivity index (χ0) is 20.5. The summed E-state index contributed by atoms with van der Waals surface area (Å²) in [4.78, 5) is 1.97. The van der Waals surface area contributed by atoms with E-state index in [1.807, 2.05) is 23.3 Å². The van der Waals surface area contributed by atoms with E-state index in [0.29, 0.717) is 31.9 Å². The van der Waals surface area contributed by atoms with Crippen LogP contribution in [0.3, 0.4) is 0 Å². The number of halogens is 2. The van der Waals surface area contributed by atoms with Crippen LogP contribution in [-0.2, 0) is 29.5 Å². The Hall–Kier alpha value is -1.91. The SMILES string of the molecule is CC(C)[C@H](NS(C)(=O)=O)c1nnc2n1CCN(Cc1c(F)cccc1F)CC2. The van der Waals surface area contributed by atoms with Crippen molar-refractivity contribution in [3.63, 3.8) is 0 Å². The first-order valence-corrected chi connectivity index (χ1v) is 11.1. The molecule has 7 nitrogen and oxygen atoms in total. The lowest BCUT2D eigenvalue weighted by Gasteiger charge is -2.23. The summed E-state index contributed by atoms with van der Waals surface area (Å²) in [5, 5.41) is 8.46. The fourth-order valence-electron chi connectivity index (χ4n) is 3.40. The van der Waals surface area contributed by atoms with Gasteiger partial charge in [-0.1, -0.05) is 19.9 Å². The van der Waals surface area contributed by atoms with Crippen LogP contribution >= 0.6 is 0 Å². The van der Waals surface area contributed by atoms with Crippen molar-refractivity contribution in [2.24, 2.45) is 5.92 Å². The van der Waals surface area contributed by atoms with Crippen molar-refractivity contribution in [3.05, 3.63) is 47.0 Å². The van der Waals surface area contributed by atoms with Crippen molar-refractivity contribution >= 4 is 10.0 Å². The summed E-state index contributed by atoms with van der Waals surface area (Å²) in [6, 6.07) is 3.37. The fraction of sp³-hybridized carbons (Fsp3) is 0.556. The minimum absolute atomic E-state index is 0.0186. The average molecular weight is 413 g/mol. The minimum atomic E-state index is -3.42. The fourth-order valence-corrected chi connectivity index (χ4v) is 4.24. The van der Waals surface area contributed by atoms with Crippen LogP contribution < -0.4 is 4.72 Å². The number of hydrogen-bond donors (Lipinski definition) is 1. The summed E-state index contributed by atoms with van der Waals surface area (Å²) < 4.78 is 56.0. The number of nitrogens with zero attached hydrogens (tertiary/aromatic N) is 4. The molecule has 1 aliphatic heterocycles. The lowest BCUT2D eigenvalue weighted by molar-refractivity contribution is 0.261. The second kappa shape index (κ2) is 8.22. The Morgan fingerprint density at radius 1 is 1.14 bits per heavy atom. The molecular formula is C18H25F2N5O2S. The van der Waals surface area contributed by atoms with Crippen LogP contribution in [0.15, 0.2) is 18.2 Å². The third-order valence-corrected chi connectivity index (χ3v) is 5.56. The van der Waals surface area contributed by atoms with Gasteiger partial charge >= 0.3 is 0 Å². The standard InChI is InChI=1S/C18H25F2N5O2S/c1-12(2)17(23-28(3,26)27)18-22-21-16-7-8-24(9-10-25(16)18)11-13-14(19)5-4-6-15(13)20/h4-6,12,17,23H,7-11H2,1-3H3/t17-/m0/s1. The van der Waals surface area contributed by atoms with Crippen LogP contribution in [0.1, 0.15) is 37.1 Å². The van der Waals surface area contributed by atoms with Gasteiger partial charge in [0.15, 0.2) is 5.82 Å². The monoisotopic (exact) mass is 413 g/mol. The molecule has 1 aromatic heterocycles. The third-order valence-electron chi connectivity index (χ3n) is 4.88. The van der Waals surface area contributed by atoms with Gasteiger partial charge in [-0.25, -0.2) is 21.9 Å². The number of rotatable bonds is 6. The van der Waals surface area contributed by atoms with Crippen LogP contribution in [0, 0.1) is 17.6 Å². The lowest BCUT2D eigenvalue weighted by Crippen LogP contribution is -2.33. The van der Waals surface area contributed by atoms with E-state index in [0.717, 1.165) is 12.1 Å². The van der Waals surface area contributed by atoms with Crippen LogP contribution in [0.5, 0.6) is 0 Å². The molecule has 0 bridgehead atoms. The number of nitrogens with one attached hydrogen (secondary N) is 1. The molecule has 3 rings (SSSR count). The molecular weight excluding hydrogens is 388 g/mol. The van der Waals surface area contributed by atoms with Crippen LogP contribution in [-0.4, -0.2) is 47.4 Å². The summed E-state index contributed by atoms with van der Waals surface area (Å²) in [5.41, 5.74) is 0.0548. The summed E-state index contributed by atoms with van der Waals surface area (Å²) in [7, 11) is -3.42. The van der Waals surface area contributed by atoms with Crippen LogP contribution in [0.4, 0.5) is 8.78 Å². The van der Waals surface area contributed by atoms with Gasteiger partial charge in [0, 0.05) is 38.2 Å². The first-order chi connectivity index (χ1) is 13.2. The first-order valence-electron chi connectivity index (χ1n) is 9.20. The molecule has 10 heteroatoms. The summed E-state index contributed by atoms with van der Waals surface area (Å²) >= 11 is 0. The number of fused-ring (bicyclic) bond motifs is 1. The number of aromatic nitrogens is 3. The maximum atomic E-state index is 14.0. The number of benzene rings is 1. The quantitative estimate of drug-likeness (QED) is 0.782. The Kier molecular flexibility index (Phi) is 6.11. The lowest BCUT2D eigenvalue weighted by atomic mass is 10.1. The molecule has 0 amide bonds. The molecule has 28 heavy (non-hydrogen) atoms. The van der Waals surface area contributed by atoms with E-state index in [1.54, 1.807) is 0 Å². The van der Waals surface area contributed by atoms with Gasteiger partial charge in [-0.2, -0.15) is 0 Å². The van der Waals surface area contributed by atoms with Gasteiger partial charge in [0.25, 0.3) is 0 Å². The van der Waals surface area contributed by atoms with Crippen molar-refractivity contribution in [1.82, 2.24) is 24.4 Å². The molecule has 0 unspecified atom stereocenters. The highest BCUT2D eigenvalue weighted by atomic mass is 32.2. The van der Waals surface area contributed by atoms with E-state index in [4.69, 9.17) is 0 Å². The van der Waals surface area contributed by atoms with Gasteiger partial charge in [0.2, 0.25) is 10.0 Å². The van der Waals surface area contributed by atoms with Crippen molar-refractivity contribution in [1.29, 1.82) is 0 Å². The molecule has 0 saturated carbocycles. The van der Waals surface area contributed by atoms with Crippen molar-refractivity contribution < 1.29 is 17.2 Å². The van der Waals surface area contributed by atoms with Gasteiger partial charge in [0.05, 0.1) is 12.3 Å². The van der Waals surface area contributed by atoms with Crippen molar-refractivity contribution in [2.75, 3.05) is 19.3 Å². The van der Waals surface area contributed by atoms with Gasteiger partial charge in [0.1, 0.15) is 17.5 Å². The maximum Gasteiger partial charge on any atom is 0.209 e. The molecule has 1 atom stereocenters. The zero-order valence-corrected chi connectivity index (χ0v) is 17.0. The molecule has 2 aromatic rings. The molecule has 1 aromatic carbocycles. The highest BCUT2D eigenvalue weighted by Gasteiger charge is 2.28. The molecule has 0 fully saturated rings. The Bertz CT molecular complexity index is 925. The van der Waals surface area contributed by atoms with Crippen LogP contribution in [0.25, 0.3) is 0 Å². The molecule has 0 spiro atoms. The van der Waals surface area contributed by atoms with E-state index >= 15 is 0 Å². The predicted octanol–water partition coefficient (Wildman–Crippen LogP) is 1.86. The Balaban J connectivity index is 1.79. The van der Waals surface area contributed by atoms with E-state index < -0.39 is 27.7 Å². The number of hydrogen-bond acceptors (Lipinski definition) is 5. The maximum absolute atomic E-state index is 14.0. The summed E-state index contributed by atoms with van der Waals surface area (Å²) in [6.45, 7) is 5.64. The Morgan fingerprint density at radius 3 is 2.43 bits per heavy atom. The van der Waals surface area contributed by atoms with Gasteiger partial charge < -0.3 is 4.57 Å². The van der Waals surface area contributed by atoms with E-state index in [2.05, 4.69) is 14.9 Å². The first kappa shape index (κ1) is 20.8. The molecule has 0 saturated heterocycles. The third kappa shape index (κ3) is 4.73. The zero-order valence-electron chi connectivity index (χ0n) is 16.2. The van der Waals surface area contributed by atoms with Crippen molar-refractivity contribution in [2.45, 2.75) is 39.4 Å². The molecule has 2 heterocycles. The smallest absolute Gasteiger partial charge is 0.209 e. The number of sulfonamides is 1. The molecule has 154 valence electrons. The summed E-state index contributed by atoms with van der Waals surface area (Å²) in [6.07, 6.45) is 1.68. The molecule has 1 aliphatic rings. The second-order valence-corrected chi connectivity index (χ2v) is 9.24. The second-order valence-electron chi connectivity index (χ2n) is 7.46. The minimum Gasteiger partial charge on any atom is -0.312 e. The van der Waals surface area contributed by atoms with Crippen molar-refractivity contribution in [3.8, 4) is 0 Å². The topological polar surface area (TPSA) is 80.1 Å². The normalized spacial score (nSPS) is 16.8. The highest BCUT2D eigenvalue weighted by molar-refractivity contribution is 7.88.